The van der Waals surface area contributed by atoms with Gasteiger partial charge in [-0.15, -0.1) is 0 Å². The Morgan fingerprint density at radius 2 is 2.18 bits per heavy atom. The van der Waals surface area contributed by atoms with Crippen molar-refractivity contribution in [1.29, 1.82) is 0 Å². The van der Waals surface area contributed by atoms with Crippen molar-refractivity contribution >= 4 is 5.65 Å². The normalized spacial score (nSPS) is 11.5. The van der Waals surface area contributed by atoms with E-state index in [0.29, 0.717) is 6.54 Å². The summed E-state index contributed by atoms with van der Waals surface area (Å²) >= 11 is 0. The summed E-state index contributed by atoms with van der Waals surface area (Å²) in [7, 11) is 0. The molecule has 2 rings (SSSR count). The van der Waals surface area contributed by atoms with Crippen molar-refractivity contribution in [2.24, 2.45) is 0 Å². The molecule has 0 aromatic carbocycles. The maximum Gasteiger partial charge on any atom is 0.155 e. The fourth-order valence-electron chi connectivity index (χ4n) is 1.57. The fraction of sp³-hybridized carbons (Fsp3) is 0.455. The Bertz CT molecular complexity index is 493. The molecule has 6 nitrogen and oxygen atoms in total. The number of aryl methyl sites for hydroxylation is 1. The van der Waals surface area contributed by atoms with E-state index in [2.05, 4.69) is 15.4 Å². The van der Waals surface area contributed by atoms with Crippen LogP contribution in [0, 0.1) is 6.92 Å². The van der Waals surface area contributed by atoms with Gasteiger partial charge in [0.25, 0.3) is 0 Å². The van der Waals surface area contributed by atoms with Gasteiger partial charge in [0.15, 0.2) is 5.65 Å². The number of aliphatic hydroxyl groups is 2. The monoisotopic (exact) mass is 236 g/mol. The molecule has 2 heterocycles. The SMILES string of the molecule is Cc1cc2ncc(CNC(CO)CO)cn2n1. The van der Waals surface area contributed by atoms with Crippen molar-refractivity contribution in [3.63, 3.8) is 0 Å². The zero-order chi connectivity index (χ0) is 12.3. The molecule has 0 aliphatic rings. The molecule has 0 bridgehead atoms. The van der Waals surface area contributed by atoms with Gasteiger partial charge >= 0.3 is 0 Å². The number of fused-ring (bicyclic) bond motifs is 1. The fourth-order valence-corrected chi connectivity index (χ4v) is 1.57. The lowest BCUT2D eigenvalue weighted by atomic mass is 10.3. The van der Waals surface area contributed by atoms with E-state index in [9.17, 15) is 0 Å². The summed E-state index contributed by atoms with van der Waals surface area (Å²) in [5.41, 5.74) is 2.69. The van der Waals surface area contributed by atoms with Crippen molar-refractivity contribution in [2.75, 3.05) is 13.2 Å². The quantitative estimate of drug-likeness (QED) is 0.650. The van der Waals surface area contributed by atoms with Crippen LogP contribution < -0.4 is 5.32 Å². The second kappa shape index (κ2) is 5.22. The van der Waals surface area contributed by atoms with Crippen LogP contribution in [0.15, 0.2) is 18.5 Å². The third-order valence-electron chi connectivity index (χ3n) is 2.52. The molecule has 17 heavy (non-hydrogen) atoms. The van der Waals surface area contributed by atoms with Crippen molar-refractivity contribution in [2.45, 2.75) is 19.5 Å². The van der Waals surface area contributed by atoms with Gasteiger partial charge in [-0.25, -0.2) is 9.50 Å². The van der Waals surface area contributed by atoms with Gasteiger partial charge in [0, 0.05) is 30.6 Å². The minimum atomic E-state index is -0.301. The summed E-state index contributed by atoms with van der Waals surface area (Å²) < 4.78 is 1.72. The number of hydrogen-bond acceptors (Lipinski definition) is 5. The zero-order valence-electron chi connectivity index (χ0n) is 9.67. The maximum atomic E-state index is 8.92. The smallest absolute Gasteiger partial charge is 0.155 e. The number of aliphatic hydroxyl groups excluding tert-OH is 2. The summed E-state index contributed by atoms with van der Waals surface area (Å²) in [5, 5.41) is 25.1. The molecule has 0 amide bonds. The highest BCUT2D eigenvalue weighted by atomic mass is 16.3. The molecule has 0 atom stereocenters. The lowest BCUT2D eigenvalue weighted by molar-refractivity contribution is 0.170. The Morgan fingerprint density at radius 3 is 2.88 bits per heavy atom. The molecule has 0 aliphatic heterocycles. The average Bonchev–Trinajstić information content (AvgIpc) is 2.69. The van der Waals surface area contributed by atoms with Crippen LogP contribution in [0.5, 0.6) is 0 Å². The van der Waals surface area contributed by atoms with E-state index in [1.807, 2.05) is 19.2 Å². The highest BCUT2D eigenvalue weighted by Gasteiger charge is 2.05. The summed E-state index contributed by atoms with van der Waals surface area (Å²) in [4.78, 5) is 4.27. The third-order valence-corrected chi connectivity index (χ3v) is 2.52. The first-order valence-electron chi connectivity index (χ1n) is 5.49. The van der Waals surface area contributed by atoms with Crippen LogP contribution in [0.3, 0.4) is 0 Å². The highest BCUT2D eigenvalue weighted by molar-refractivity contribution is 5.38. The zero-order valence-corrected chi connectivity index (χ0v) is 9.67. The summed E-state index contributed by atoms with van der Waals surface area (Å²) in [6.45, 7) is 2.27. The van der Waals surface area contributed by atoms with Gasteiger partial charge in [0.05, 0.1) is 24.9 Å². The predicted molar refractivity (Wildman–Crippen MR) is 62.5 cm³/mol. The molecular weight excluding hydrogens is 220 g/mol. The van der Waals surface area contributed by atoms with Gasteiger partial charge in [0.1, 0.15) is 0 Å². The number of hydrogen-bond donors (Lipinski definition) is 3. The largest absolute Gasteiger partial charge is 0.395 e. The molecule has 2 aromatic rings. The molecule has 0 radical (unpaired) electrons. The molecule has 0 fully saturated rings. The van der Waals surface area contributed by atoms with Crippen molar-refractivity contribution in [1.82, 2.24) is 19.9 Å². The molecule has 92 valence electrons. The Labute approximate surface area is 98.9 Å². The van der Waals surface area contributed by atoms with Crippen LogP contribution in [0.25, 0.3) is 5.65 Å². The van der Waals surface area contributed by atoms with Gasteiger partial charge < -0.3 is 15.5 Å². The number of nitrogens with one attached hydrogen (secondary N) is 1. The molecule has 0 aliphatic carbocycles. The van der Waals surface area contributed by atoms with Crippen LogP contribution in [0.1, 0.15) is 11.3 Å². The van der Waals surface area contributed by atoms with E-state index in [-0.39, 0.29) is 19.3 Å². The second-order valence-corrected chi connectivity index (χ2v) is 3.99. The number of aromatic nitrogens is 3. The van der Waals surface area contributed by atoms with E-state index in [1.165, 1.54) is 0 Å². The lowest BCUT2D eigenvalue weighted by Crippen LogP contribution is -2.35. The van der Waals surface area contributed by atoms with Crippen molar-refractivity contribution in [3.8, 4) is 0 Å². The standard InChI is InChI=1S/C11H16N4O2/c1-8-2-11-13-4-9(5-15(11)14-8)3-12-10(6-16)7-17/h2,4-5,10,12,16-17H,3,6-7H2,1H3. The van der Waals surface area contributed by atoms with E-state index in [0.717, 1.165) is 16.9 Å². The van der Waals surface area contributed by atoms with Crippen molar-refractivity contribution < 1.29 is 10.2 Å². The minimum absolute atomic E-state index is 0.0902. The van der Waals surface area contributed by atoms with Crippen LogP contribution in [0.2, 0.25) is 0 Å². The topological polar surface area (TPSA) is 82.7 Å². The van der Waals surface area contributed by atoms with E-state index in [1.54, 1.807) is 10.7 Å². The Kier molecular flexibility index (Phi) is 3.68. The Morgan fingerprint density at radius 1 is 1.41 bits per heavy atom. The summed E-state index contributed by atoms with van der Waals surface area (Å²) in [6.07, 6.45) is 3.64. The van der Waals surface area contributed by atoms with Gasteiger partial charge in [0.2, 0.25) is 0 Å². The number of rotatable bonds is 5. The first-order valence-corrected chi connectivity index (χ1v) is 5.49. The van der Waals surface area contributed by atoms with E-state index >= 15 is 0 Å². The Balaban J connectivity index is 2.08. The Hall–Kier alpha value is -1.50. The predicted octanol–water partition coefficient (Wildman–Crippen LogP) is -0.519. The molecule has 2 aromatic heterocycles. The van der Waals surface area contributed by atoms with Crippen LogP contribution in [-0.4, -0.2) is 44.1 Å². The van der Waals surface area contributed by atoms with Gasteiger partial charge in [-0.2, -0.15) is 5.10 Å². The third kappa shape index (κ3) is 2.79. The first-order chi connectivity index (χ1) is 8.22. The highest BCUT2D eigenvalue weighted by Crippen LogP contribution is 2.04. The molecule has 0 saturated carbocycles. The molecule has 3 N–H and O–H groups in total. The molecule has 6 heteroatoms. The lowest BCUT2D eigenvalue weighted by Gasteiger charge is -2.12. The van der Waals surface area contributed by atoms with Crippen LogP contribution in [0.4, 0.5) is 0 Å². The summed E-state index contributed by atoms with van der Waals surface area (Å²) in [5.74, 6) is 0. The number of nitrogens with zero attached hydrogens (tertiary/aromatic N) is 3. The van der Waals surface area contributed by atoms with Gasteiger partial charge in [-0.05, 0) is 6.92 Å². The van der Waals surface area contributed by atoms with Crippen LogP contribution in [-0.2, 0) is 6.54 Å². The van der Waals surface area contributed by atoms with E-state index < -0.39 is 0 Å². The second-order valence-electron chi connectivity index (χ2n) is 3.99. The molecular formula is C11H16N4O2. The van der Waals surface area contributed by atoms with Crippen LogP contribution >= 0.6 is 0 Å². The van der Waals surface area contributed by atoms with Gasteiger partial charge in [-0.1, -0.05) is 0 Å². The van der Waals surface area contributed by atoms with Crippen molar-refractivity contribution in [3.05, 3.63) is 29.7 Å². The average molecular weight is 236 g/mol. The van der Waals surface area contributed by atoms with E-state index in [4.69, 9.17) is 10.2 Å². The maximum absolute atomic E-state index is 8.92. The first kappa shape index (κ1) is 12.0. The molecule has 0 unspecified atom stereocenters. The molecule has 0 saturated heterocycles. The molecule has 0 spiro atoms. The minimum Gasteiger partial charge on any atom is -0.395 e. The summed E-state index contributed by atoms with van der Waals surface area (Å²) in [6, 6.07) is 1.60. The van der Waals surface area contributed by atoms with Gasteiger partial charge in [-0.3, -0.25) is 0 Å².